The van der Waals surface area contributed by atoms with Crippen LogP contribution < -0.4 is 93.3 Å². The molecule has 25 N–H and O–H groups in total. The van der Waals surface area contributed by atoms with Crippen LogP contribution in [0.5, 0.6) is 5.75 Å². The van der Waals surface area contributed by atoms with Gasteiger partial charge in [-0.15, -0.1) is 0 Å². The van der Waals surface area contributed by atoms with Gasteiger partial charge in [0.15, 0.2) is 17.9 Å². The van der Waals surface area contributed by atoms with Gasteiger partial charge in [0.05, 0.1) is 6.54 Å². The summed E-state index contributed by atoms with van der Waals surface area (Å²) in [4.78, 5) is 182. The summed E-state index contributed by atoms with van der Waals surface area (Å²) in [6.45, 7) is 7.42. The molecule has 95 heavy (non-hydrogen) atoms. The number of benzene rings is 1. The standard InChI is InChI=1S/C58H97N21O13S3/c1-30(2)25-39-47(84)69-27-44(82)71-36(12-8-21-67-57(62)63)50(87)78-45(31(3)4)54(91)75-40(26-33-15-17-34(81)18-16-33)51(88)73-38(13-9-22-68-58(64)65)55(92)79-23-10-14-43(79)53(90)76-41(46(59)83)28-94-95-29-42(52(89)72-37(19-24-93-6)49(86)74-39)77-48(85)35(70-32(5)80)11-7-20-66-56(60)61/h15-18,30-31,35-43,45,81H,7-14,19-29H2,1-6H3,(H2,59,83)(H,69,84)(H,70,80)(H,71,82)(H,72,89)(H,73,88)(H,74,86)(H,75,91)(H,76,90)(H,77,85)(H,78,87)(H4,60,61,66)(H4,62,63,67)(H4,64,65,68)/t35-,36?,37-,38-,39-,40?,41?,42-,43-,45-/m0/s1. The molecule has 0 saturated carbocycles. The highest BCUT2D eigenvalue weighted by Crippen LogP contribution is 2.25. The normalized spacial score (nSPS) is 23.2. The van der Waals surface area contributed by atoms with Gasteiger partial charge in [-0.3, -0.25) is 72.5 Å². The van der Waals surface area contributed by atoms with Crippen LogP contribution in [0, 0.1) is 11.8 Å². The summed E-state index contributed by atoms with van der Waals surface area (Å²) in [6, 6.07) is -7.74. The van der Waals surface area contributed by atoms with Crippen molar-refractivity contribution in [2.24, 2.45) is 66.9 Å². The van der Waals surface area contributed by atoms with Gasteiger partial charge in [0.25, 0.3) is 0 Å². The largest absolute Gasteiger partial charge is 0.508 e. The fourth-order valence-corrected chi connectivity index (χ4v) is 12.7. The lowest BCUT2D eigenvalue weighted by Crippen LogP contribution is -2.61. The number of nitrogens with two attached hydrogens (primary N) is 7. The topological polar surface area (TPSA) is 568 Å². The number of rotatable bonds is 24. The minimum absolute atomic E-state index is 0.0154. The SMILES string of the molecule is CSCC[C@@H]1NC(=O)[C@@H](NC(=O)[C@H](CCCN=C(N)N)NC(C)=O)CSSCC(C(N)=O)NC(=O)[C@@H]2CCCN2C(=O)[C@H](CCCN=C(N)N)NC(=O)C(Cc2ccc(O)cc2)NC(=O)[C@H](C(C)C)NC(=O)C(CCCN=C(N)N)NC(=O)CNC(=O)[C@H](CC(C)C)NC1=O. The molecule has 3 unspecified atom stereocenters. The molecule has 10 atom stereocenters. The van der Waals surface area contributed by atoms with Crippen molar-refractivity contribution in [3.05, 3.63) is 29.8 Å². The molecule has 0 bridgehead atoms. The molecule has 3 rings (SSSR count). The second-order valence-electron chi connectivity index (χ2n) is 23.5. The van der Waals surface area contributed by atoms with Crippen LogP contribution in [-0.4, -0.2) is 215 Å². The molecule has 2 aliphatic rings. The van der Waals surface area contributed by atoms with E-state index in [1.54, 1.807) is 34.0 Å². The first-order valence-electron chi connectivity index (χ1n) is 31.1. The predicted octanol–water partition coefficient (Wildman–Crippen LogP) is -5.08. The van der Waals surface area contributed by atoms with Crippen LogP contribution in [-0.2, 0) is 64.0 Å². The maximum absolute atomic E-state index is 14.8. The Morgan fingerprint density at radius 3 is 1.78 bits per heavy atom. The van der Waals surface area contributed by atoms with Crippen molar-refractivity contribution < 1.29 is 62.6 Å². The molecule has 2 saturated heterocycles. The highest BCUT2D eigenvalue weighted by atomic mass is 33.1. The van der Waals surface area contributed by atoms with Crippen molar-refractivity contribution in [2.75, 3.05) is 56.2 Å². The summed E-state index contributed by atoms with van der Waals surface area (Å²) in [6.07, 6.45) is 2.34. The second kappa shape index (κ2) is 42.1. The summed E-state index contributed by atoms with van der Waals surface area (Å²) < 4.78 is 0. The number of phenolic OH excluding ortho intramolecular Hbond substituents is 1. The van der Waals surface area contributed by atoms with Gasteiger partial charge in [0.1, 0.15) is 66.2 Å². The van der Waals surface area contributed by atoms with E-state index in [9.17, 15) is 62.6 Å². The van der Waals surface area contributed by atoms with E-state index in [4.69, 9.17) is 40.1 Å². The predicted molar refractivity (Wildman–Crippen MR) is 364 cm³/mol. The van der Waals surface area contributed by atoms with Gasteiger partial charge in [0.2, 0.25) is 70.9 Å². The summed E-state index contributed by atoms with van der Waals surface area (Å²) >= 11 is 1.34. The third-order valence-corrected chi connectivity index (χ3v) is 17.8. The lowest BCUT2D eigenvalue weighted by atomic mass is 9.99. The minimum Gasteiger partial charge on any atom is -0.508 e. The van der Waals surface area contributed by atoms with Crippen LogP contribution in [0.2, 0.25) is 0 Å². The van der Waals surface area contributed by atoms with Crippen molar-refractivity contribution in [3.8, 4) is 5.75 Å². The fourth-order valence-electron chi connectivity index (χ4n) is 9.89. The van der Waals surface area contributed by atoms with Crippen LogP contribution >= 0.6 is 33.3 Å². The van der Waals surface area contributed by atoms with Gasteiger partial charge in [-0.05, 0) is 106 Å². The zero-order valence-corrected chi connectivity index (χ0v) is 57.0. The number of fused-ring (bicyclic) bond motifs is 1. The molecule has 37 heteroatoms. The summed E-state index contributed by atoms with van der Waals surface area (Å²) in [5, 5.41) is 36.7. The van der Waals surface area contributed by atoms with Crippen LogP contribution in [0.1, 0.15) is 104 Å². The summed E-state index contributed by atoms with van der Waals surface area (Å²) in [5.41, 5.74) is 39.6. The molecule has 0 radical (unpaired) electrons. The van der Waals surface area contributed by atoms with Crippen LogP contribution in [0.15, 0.2) is 39.2 Å². The highest BCUT2D eigenvalue weighted by Gasteiger charge is 2.41. The lowest BCUT2D eigenvalue weighted by Gasteiger charge is -2.31. The molecule has 2 aliphatic heterocycles. The molecular weight excluding hydrogens is 1290 g/mol. The van der Waals surface area contributed by atoms with E-state index in [1.807, 2.05) is 0 Å². The molecule has 0 spiro atoms. The van der Waals surface area contributed by atoms with E-state index in [1.165, 1.54) is 47.9 Å². The van der Waals surface area contributed by atoms with Gasteiger partial charge in [-0.1, -0.05) is 61.4 Å². The quantitative estimate of drug-likeness (QED) is 0.0199. The van der Waals surface area contributed by atoms with Crippen molar-refractivity contribution in [1.82, 2.24) is 58.1 Å². The number of thioether (sulfide) groups is 1. The Bertz CT molecular complexity index is 2880. The molecule has 1 aromatic carbocycles. The zero-order valence-electron chi connectivity index (χ0n) is 54.6. The monoisotopic (exact) mass is 1390 g/mol. The smallest absolute Gasteiger partial charge is 0.245 e. The number of carbonyl (C=O) groups excluding carboxylic acids is 12. The number of hydrogen-bond acceptors (Lipinski definition) is 19. The van der Waals surface area contributed by atoms with E-state index in [0.717, 1.165) is 21.6 Å². The first kappa shape index (κ1) is 80.8. The molecule has 12 amide bonds. The highest BCUT2D eigenvalue weighted by molar-refractivity contribution is 8.76. The number of aliphatic imine (C=N–C) groups is 3. The van der Waals surface area contributed by atoms with E-state index in [-0.39, 0.29) is 131 Å². The number of nitrogens with zero attached hydrogens (tertiary/aromatic N) is 4. The number of aromatic hydroxyl groups is 1. The average Bonchev–Trinajstić information content (AvgIpc) is 1.77. The zero-order chi connectivity index (χ0) is 70.9. The van der Waals surface area contributed by atoms with E-state index in [0.29, 0.717) is 17.7 Å². The van der Waals surface area contributed by atoms with Gasteiger partial charge in [-0.2, -0.15) is 11.8 Å². The third kappa shape index (κ3) is 30.2. The Morgan fingerprint density at radius 1 is 0.653 bits per heavy atom. The molecule has 1 aromatic rings. The first-order valence-corrected chi connectivity index (χ1v) is 35.0. The van der Waals surface area contributed by atoms with Crippen LogP contribution in [0.4, 0.5) is 0 Å². The molecule has 0 aliphatic carbocycles. The summed E-state index contributed by atoms with van der Waals surface area (Å²) in [7, 11) is 1.95. The van der Waals surface area contributed by atoms with Gasteiger partial charge >= 0.3 is 0 Å². The Labute approximate surface area is 564 Å². The molecule has 2 heterocycles. The Balaban J connectivity index is 2.22. The van der Waals surface area contributed by atoms with E-state index in [2.05, 4.69) is 68.1 Å². The van der Waals surface area contributed by atoms with Crippen molar-refractivity contribution >= 4 is 122 Å². The summed E-state index contributed by atoms with van der Waals surface area (Å²) in [5.74, 6) is -11.6. The minimum atomic E-state index is -1.48. The van der Waals surface area contributed by atoms with Crippen molar-refractivity contribution in [1.29, 1.82) is 0 Å². The number of amides is 12. The lowest BCUT2D eigenvalue weighted by molar-refractivity contribution is -0.142. The van der Waals surface area contributed by atoms with E-state index < -0.39 is 144 Å². The average molecular weight is 1390 g/mol. The fraction of sp³-hybridized carbons (Fsp3) is 0.638. The molecular formula is C58H97N21O13S3. The number of hydrogen-bond donors (Lipinski definition) is 18. The van der Waals surface area contributed by atoms with Gasteiger partial charge in [0, 0.05) is 51.0 Å². The maximum atomic E-state index is 14.8. The molecule has 0 aromatic heterocycles. The number of phenols is 1. The Morgan fingerprint density at radius 2 is 1.20 bits per heavy atom. The van der Waals surface area contributed by atoms with Crippen LogP contribution in [0.25, 0.3) is 0 Å². The number of primary amides is 1. The molecule has 2 fully saturated rings. The van der Waals surface area contributed by atoms with Crippen molar-refractivity contribution in [3.63, 3.8) is 0 Å². The van der Waals surface area contributed by atoms with E-state index >= 15 is 0 Å². The van der Waals surface area contributed by atoms with Crippen LogP contribution in [0.3, 0.4) is 0 Å². The second-order valence-corrected chi connectivity index (χ2v) is 27.0. The first-order chi connectivity index (χ1) is 44.9. The Kier molecular flexibility index (Phi) is 35.8. The third-order valence-electron chi connectivity index (χ3n) is 14.7. The number of carbonyl (C=O) groups is 12. The Hall–Kier alpha value is -8.48. The maximum Gasteiger partial charge on any atom is 0.245 e. The van der Waals surface area contributed by atoms with Gasteiger partial charge < -0.3 is 103 Å². The molecule has 34 nitrogen and oxygen atoms in total. The number of nitrogens with one attached hydrogen (secondary N) is 10. The van der Waals surface area contributed by atoms with Gasteiger partial charge in [-0.25, -0.2) is 0 Å². The number of guanidine groups is 3. The van der Waals surface area contributed by atoms with Crippen molar-refractivity contribution in [2.45, 2.75) is 166 Å². The molecule has 530 valence electrons.